The molecule has 0 bridgehead atoms. The molecule has 0 aromatic heterocycles. The van der Waals surface area contributed by atoms with Gasteiger partial charge in [0.25, 0.3) is 24.1 Å². The van der Waals surface area contributed by atoms with E-state index in [1.165, 1.54) is 0 Å². The van der Waals surface area contributed by atoms with Gasteiger partial charge in [-0.3, -0.25) is 44.0 Å². The monoisotopic (exact) mass is 793 g/mol. The molecule has 2 N–H and O–H groups in total. The number of aromatic hydroxyl groups is 1. The van der Waals surface area contributed by atoms with Crippen LogP contribution < -0.4 is 5.32 Å². The lowest BCUT2D eigenvalue weighted by atomic mass is 9.65. The van der Waals surface area contributed by atoms with E-state index in [2.05, 4.69) is 10.2 Å². The Kier molecular flexibility index (Phi) is 9.95. The second-order valence-electron chi connectivity index (χ2n) is 17.6. The fraction of sp³-hybridized carbons (Fsp3) is 0.489. The number of hydrogen-bond acceptors (Lipinski definition) is 8. The van der Waals surface area contributed by atoms with E-state index in [9.17, 15) is 37.9 Å². The van der Waals surface area contributed by atoms with Crippen LogP contribution in [0.15, 0.2) is 54.6 Å². The number of nitrogens with one attached hydrogen (secondary N) is 1. The van der Waals surface area contributed by atoms with Crippen molar-refractivity contribution in [3.8, 4) is 5.75 Å². The Balaban J connectivity index is 0.777. The number of halogens is 2. The molecule has 3 aromatic carbocycles. The van der Waals surface area contributed by atoms with E-state index < -0.39 is 42.1 Å². The van der Waals surface area contributed by atoms with Gasteiger partial charge in [0.2, 0.25) is 11.8 Å². The number of carbonyl (C=O) groups is 5. The highest BCUT2D eigenvalue weighted by molar-refractivity contribution is 6.23. The molecule has 9 rings (SSSR count). The third-order valence-electron chi connectivity index (χ3n) is 14.0. The summed E-state index contributed by atoms with van der Waals surface area (Å²) in [7, 11) is 0. The van der Waals surface area contributed by atoms with Crippen LogP contribution in [0, 0.1) is 11.3 Å². The molecule has 3 aromatic rings. The number of hydrogen-bond donors (Lipinski definition) is 2. The van der Waals surface area contributed by atoms with E-state index in [0.29, 0.717) is 55.2 Å². The first-order chi connectivity index (χ1) is 27.9. The number of carbonyl (C=O) groups excluding carboxylic acids is 5. The van der Waals surface area contributed by atoms with Gasteiger partial charge in [0.1, 0.15) is 11.8 Å². The lowest BCUT2D eigenvalue weighted by Crippen LogP contribution is -2.54. The van der Waals surface area contributed by atoms with Crippen LogP contribution in [0.5, 0.6) is 5.75 Å². The molecule has 1 unspecified atom stereocenters. The molecule has 1 aliphatic carbocycles. The third kappa shape index (κ3) is 6.99. The molecule has 3 atom stereocenters. The summed E-state index contributed by atoms with van der Waals surface area (Å²) in [5.41, 5.74) is 6.25. The van der Waals surface area contributed by atoms with Gasteiger partial charge in [-0.15, -0.1) is 0 Å². The van der Waals surface area contributed by atoms with Crippen molar-refractivity contribution in [2.45, 2.75) is 102 Å². The summed E-state index contributed by atoms with van der Waals surface area (Å²) in [6.07, 6.45) is 4.71. The average Bonchev–Trinajstić information content (AvgIpc) is 3.70. The molecule has 5 aliphatic heterocycles. The first-order valence-electron chi connectivity index (χ1n) is 20.7. The maximum Gasteiger partial charge on any atom is 0.262 e. The Morgan fingerprint density at radius 3 is 2.14 bits per heavy atom. The van der Waals surface area contributed by atoms with Crippen LogP contribution in [0.4, 0.5) is 8.78 Å². The summed E-state index contributed by atoms with van der Waals surface area (Å²) < 4.78 is 27.5. The standard InChI is InChI=1S/C45H49F2N5O6/c1-26-18-30-19-33(53)6-7-34(30)40(51(26)25-38(46)47)28-2-4-29(5-3-28)42(56)50-16-14-45(15-17-50)12-10-27(11-13-45)22-49-23-31-20-35-36(21-32(31)24-49)44(58)52(43(35)57)37-8-9-39(54)48-41(37)55/h2-7,19-21,26-27,37-38,40,53H,8-18,22-25H2,1H3,(H,48,54,55)/t26-,37?,40-/m1/s1. The molecule has 11 nitrogen and oxygen atoms in total. The van der Waals surface area contributed by atoms with Crippen molar-refractivity contribution >= 4 is 29.5 Å². The fourth-order valence-corrected chi connectivity index (χ4v) is 10.8. The van der Waals surface area contributed by atoms with Crippen LogP contribution in [0.25, 0.3) is 0 Å². The Labute approximate surface area is 336 Å². The number of benzene rings is 3. The summed E-state index contributed by atoms with van der Waals surface area (Å²) in [5.74, 6) is -1.25. The SMILES string of the molecule is C[C@@H]1Cc2cc(O)ccc2[C@@H](c2ccc(C(=O)N3CCC4(CCC(CN5Cc6cc7c(cc6C5)C(=O)N(C5CCC(=O)NC5=O)C7=O)CC4)CC3)cc2)N1CC(F)F. The molecule has 5 amide bonds. The van der Waals surface area contributed by atoms with Crippen molar-refractivity contribution in [3.05, 3.63) is 99.1 Å². The number of rotatable bonds is 7. The van der Waals surface area contributed by atoms with Crippen LogP contribution in [0.1, 0.15) is 123 Å². The van der Waals surface area contributed by atoms with E-state index >= 15 is 0 Å². The minimum absolute atomic E-state index is 0.00601. The van der Waals surface area contributed by atoms with Gasteiger partial charge in [-0.2, -0.15) is 0 Å². The molecule has 58 heavy (non-hydrogen) atoms. The van der Waals surface area contributed by atoms with E-state index in [1.807, 2.05) is 59.2 Å². The number of phenols is 1. The molecule has 0 radical (unpaired) electrons. The molecule has 13 heteroatoms. The number of likely N-dealkylation sites (tertiary alicyclic amines) is 1. The van der Waals surface area contributed by atoms with Crippen molar-refractivity contribution in [1.82, 2.24) is 24.9 Å². The van der Waals surface area contributed by atoms with Crippen LogP contribution in [0.2, 0.25) is 0 Å². The van der Waals surface area contributed by atoms with E-state index in [-0.39, 0.29) is 42.5 Å². The van der Waals surface area contributed by atoms with E-state index in [0.717, 1.165) is 77.8 Å². The van der Waals surface area contributed by atoms with Crippen molar-refractivity contribution in [2.24, 2.45) is 11.3 Å². The fourth-order valence-electron chi connectivity index (χ4n) is 10.8. The maximum atomic E-state index is 13.7. The van der Waals surface area contributed by atoms with E-state index in [1.54, 1.807) is 12.1 Å². The number of imide groups is 2. The third-order valence-corrected chi connectivity index (χ3v) is 14.0. The van der Waals surface area contributed by atoms with Gasteiger partial charge in [0.05, 0.1) is 23.7 Å². The minimum atomic E-state index is -2.49. The quantitative estimate of drug-likeness (QED) is 0.287. The van der Waals surface area contributed by atoms with Crippen molar-refractivity contribution in [1.29, 1.82) is 0 Å². The van der Waals surface area contributed by atoms with Crippen molar-refractivity contribution in [3.63, 3.8) is 0 Å². The Morgan fingerprint density at radius 2 is 1.52 bits per heavy atom. The number of alkyl halides is 2. The zero-order valence-corrected chi connectivity index (χ0v) is 32.7. The van der Waals surface area contributed by atoms with Gasteiger partial charge in [-0.25, -0.2) is 8.78 Å². The van der Waals surface area contributed by atoms with Gasteiger partial charge in [-0.05, 0) is 134 Å². The Bertz CT molecular complexity index is 2130. The Morgan fingerprint density at radius 1 is 0.862 bits per heavy atom. The molecule has 5 heterocycles. The summed E-state index contributed by atoms with van der Waals surface area (Å²) in [6.45, 7) is 5.32. The summed E-state index contributed by atoms with van der Waals surface area (Å²) in [5, 5.41) is 12.4. The van der Waals surface area contributed by atoms with Crippen LogP contribution >= 0.6 is 0 Å². The normalized spacial score (nSPS) is 25.0. The zero-order chi connectivity index (χ0) is 40.5. The first kappa shape index (κ1) is 38.5. The average molecular weight is 794 g/mol. The van der Waals surface area contributed by atoms with Gasteiger partial charge >= 0.3 is 0 Å². The summed E-state index contributed by atoms with van der Waals surface area (Å²) in [4.78, 5) is 71.7. The minimum Gasteiger partial charge on any atom is -0.508 e. The van der Waals surface area contributed by atoms with Crippen LogP contribution in [0.3, 0.4) is 0 Å². The van der Waals surface area contributed by atoms with Gasteiger partial charge in [-0.1, -0.05) is 18.2 Å². The molecule has 2 saturated heterocycles. The zero-order valence-electron chi connectivity index (χ0n) is 32.7. The van der Waals surface area contributed by atoms with Gasteiger partial charge in [0.15, 0.2) is 0 Å². The number of fused-ring (bicyclic) bond motifs is 3. The second-order valence-corrected chi connectivity index (χ2v) is 17.6. The molecule has 1 spiro atoms. The lowest BCUT2D eigenvalue weighted by molar-refractivity contribution is -0.136. The molecular formula is C45H49F2N5O6. The largest absolute Gasteiger partial charge is 0.508 e. The van der Waals surface area contributed by atoms with Gasteiger partial charge in [0, 0.05) is 50.7 Å². The smallest absolute Gasteiger partial charge is 0.262 e. The second kappa shape index (κ2) is 15.0. The molecule has 304 valence electrons. The summed E-state index contributed by atoms with van der Waals surface area (Å²) >= 11 is 0. The van der Waals surface area contributed by atoms with Crippen LogP contribution in [-0.4, -0.2) is 98.9 Å². The number of piperidine rings is 2. The topological polar surface area (TPSA) is 131 Å². The predicted molar refractivity (Wildman–Crippen MR) is 209 cm³/mol. The molecule has 6 aliphatic rings. The number of nitrogens with zero attached hydrogens (tertiary/aromatic N) is 4. The van der Waals surface area contributed by atoms with Crippen molar-refractivity contribution in [2.75, 3.05) is 26.2 Å². The number of amides is 5. The maximum absolute atomic E-state index is 13.7. The highest BCUT2D eigenvalue weighted by Gasteiger charge is 2.46. The Hall–Kier alpha value is -5.01. The summed E-state index contributed by atoms with van der Waals surface area (Å²) in [6, 6.07) is 14.7. The molecule has 1 saturated carbocycles. The highest BCUT2D eigenvalue weighted by Crippen LogP contribution is 2.47. The number of phenolic OH excluding ortho intramolecular Hbond substituents is 1. The lowest BCUT2D eigenvalue weighted by Gasteiger charge is -2.46. The van der Waals surface area contributed by atoms with Crippen molar-refractivity contribution < 1.29 is 37.9 Å². The highest BCUT2D eigenvalue weighted by atomic mass is 19.3. The van der Waals surface area contributed by atoms with Gasteiger partial charge < -0.3 is 10.0 Å². The predicted octanol–water partition coefficient (Wildman–Crippen LogP) is 5.82. The van der Waals surface area contributed by atoms with E-state index in [4.69, 9.17) is 0 Å². The van der Waals surface area contributed by atoms with Crippen LogP contribution in [-0.2, 0) is 29.1 Å². The first-order valence-corrected chi connectivity index (χ1v) is 20.7. The molecule has 3 fully saturated rings. The molecular weight excluding hydrogens is 745 g/mol.